The summed E-state index contributed by atoms with van der Waals surface area (Å²) in [6.07, 6.45) is 0.976. The molecule has 1 aromatic carbocycles. The van der Waals surface area contributed by atoms with Crippen LogP contribution in [0.1, 0.15) is 24.1 Å². The second-order valence-electron chi connectivity index (χ2n) is 5.35. The number of carbonyl (C=O) groups is 2. The van der Waals surface area contributed by atoms with Gasteiger partial charge in [0.05, 0.1) is 5.69 Å². The van der Waals surface area contributed by atoms with Crippen LogP contribution in [-0.4, -0.2) is 27.7 Å². The van der Waals surface area contributed by atoms with Crippen molar-refractivity contribution in [3.8, 4) is 0 Å². The second-order valence-corrected chi connectivity index (χ2v) is 6.20. The van der Waals surface area contributed by atoms with E-state index >= 15 is 0 Å². The number of benzene rings is 1. The van der Waals surface area contributed by atoms with Gasteiger partial charge in [-0.15, -0.1) is 11.3 Å². The number of likely N-dealkylation sites (tertiary alicyclic amines) is 1. The predicted molar refractivity (Wildman–Crippen MR) is 85.5 cm³/mol. The summed E-state index contributed by atoms with van der Waals surface area (Å²) in [7, 11) is 0. The molecule has 1 aliphatic rings. The summed E-state index contributed by atoms with van der Waals surface area (Å²) in [5.41, 5.74) is 1.91. The van der Waals surface area contributed by atoms with Crippen LogP contribution < -0.4 is 5.32 Å². The van der Waals surface area contributed by atoms with Crippen LogP contribution in [0.2, 0.25) is 0 Å². The number of carbonyl (C=O) groups excluding carboxylic acids is 2. The molecule has 1 aliphatic heterocycles. The molecular weight excluding hydrogens is 298 g/mol. The fourth-order valence-electron chi connectivity index (χ4n) is 2.58. The van der Waals surface area contributed by atoms with Crippen LogP contribution in [0.5, 0.6) is 0 Å². The Hall–Kier alpha value is -2.21. The van der Waals surface area contributed by atoms with Gasteiger partial charge in [-0.2, -0.15) is 0 Å². The van der Waals surface area contributed by atoms with Crippen molar-refractivity contribution in [3.05, 3.63) is 47.0 Å². The molecule has 22 heavy (non-hydrogen) atoms. The fraction of sp³-hybridized carbons (Fsp3) is 0.312. The monoisotopic (exact) mass is 315 g/mol. The van der Waals surface area contributed by atoms with E-state index in [2.05, 4.69) is 10.3 Å². The van der Waals surface area contributed by atoms with Gasteiger partial charge in [0.2, 0.25) is 11.8 Å². The minimum absolute atomic E-state index is 0.0272. The van der Waals surface area contributed by atoms with Gasteiger partial charge in [0, 0.05) is 18.3 Å². The average molecular weight is 315 g/mol. The van der Waals surface area contributed by atoms with Crippen molar-refractivity contribution in [3.63, 3.8) is 0 Å². The highest BCUT2D eigenvalue weighted by Gasteiger charge is 2.36. The quantitative estimate of drug-likeness (QED) is 0.943. The molecule has 1 N–H and O–H groups in total. The second kappa shape index (κ2) is 6.27. The maximum absolute atomic E-state index is 12.4. The molecule has 0 radical (unpaired) electrons. The highest BCUT2D eigenvalue weighted by atomic mass is 32.1. The molecule has 1 unspecified atom stereocenters. The Labute approximate surface area is 133 Å². The first-order valence-electron chi connectivity index (χ1n) is 7.20. The molecular formula is C16H17N3O2S. The van der Waals surface area contributed by atoms with Crippen molar-refractivity contribution in [2.75, 3.05) is 5.32 Å². The molecule has 0 bridgehead atoms. The van der Waals surface area contributed by atoms with E-state index in [1.807, 2.05) is 42.6 Å². The summed E-state index contributed by atoms with van der Waals surface area (Å²) in [5.74, 6) is -0.129. The number of thiazole rings is 1. The zero-order valence-electron chi connectivity index (χ0n) is 12.3. The van der Waals surface area contributed by atoms with Crippen LogP contribution in [0.15, 0.2) is 35.7 Å². The lowest BCUT2D eigenvalue weighted by molar-refractivity contribution is -0.133. The van der Waals surface area contributed by atoms with E-state index in [0.29, 0.717) is 24.5 Å². The number of hydrogen-bond acceptors (Lipinski definition) is 4. The average Bonchev–Trinajstić information content (AvgIpc) is 3.07. The first-order chi connectivity index (χ1) is 10.6. The van der Waals surface area contributed by atoms with Crippen molar-refractivity contribution in [2.24, 2.45) is 0 Å². The summed E-state index contributed by atoms with van der Waals surface area (Å²) in [4.78, 5) is 30.4. The zero-order valence-corrected chi connectivity index (χ0v) is 13.1. The molecule has 1 atom stereocenters. The van der Waals surface area contributed by atoms with Crippen molar-refractivity contribution in [2.45, 2.75) is 32.4 Å². The molecule has 1 saturated heterocycles. The number of aromatic nitrogens is 1. The minimum Gasteiger partial charge on any atom is -0.326 e. The van der Waals surface area contributed by atoms with Crippen LogP contribution >= 0.6 is 11.3 Å². The normalized spacial score (nSPS) is 17.8. The largest absolute Gasteiger partial charge is 0.326 e. The molecule has 0 spiro atoms. The lowest BCUT2D eigenvalue weighted by Gasteiger charge is -2.23. The third kappa shape index (κ3) is 3.17. The van der Waals surface area contributed by atoms with Gasteiger partial charge < -0.3 is 10.2 Å². The Morgan fingerprint density at radius 1 is 1.41 bits per heavy atom. The maximum atomic E-state index is 12.4. The minimum atomic E-state index is -0.420. The molecule has 114 valence electrons. The number of nitrogens with one attached hydrogen (secondary N) is 1. The summed E-state index contributed by atoms with van der Waals surface area (Å²) in [6, 6.07) is 9.31. The summed E-state index contributed by atoms with van der Waals surface area (Å²) in [6.45, 7) is 2.35. The van der Waals surface area contributed by atoms with E-state index in [0.717, 1.165) is 11.3 Å². The molecule has 0 saturated carbocycles. The van der Waals surface area contributed by atoms with Gasteiger partial charge in [-0.3, -0.25) is 9.59 Å². The Kier molecular flexibility index (Phi) is 4.20. The highest BCUT2D eigenvalue weighted by Crippen LogP contribution is 2.23. The lowest BCUT2D eigenvalue weighted by Crippen LogP contribution is -2.41. The van der Waals surface area contributed by atoms with Gasteiger partial charge in [0.1, 0.15) is 6.04 Å². The van der Waals surface area contributed by atoms with E-state index in [4.69, 9.17) is 0 Å². The topological polar surface area (TPSA) is 62.3 Å². The standard InChI is InChI=1S/C16H17N3O2S/c1-11-10-22-16(17-11)18-15(21)13-7-8-14(20)19(13)9-12-5-3-2-4-6-12/h2-6,10,13H,7-9H2,1H3,(H,17,18,21). The van der Waals surface area contributed by atoms with Crippen LogP contribution in [0.3, 0.4) is 0 Å². The number of rotatable bonds is 4. The maximum Gasteiger partial charge on any atom is 0.248 e. The summed E-state index contributed by atoms with van der Waals surface area (Å²) in [5, 5.41) is 5.29. The Morgan fingerprint density at radius 2 is 2.18 bits per heavy atom. The molecule has 3 rings (SSSR count). The first kappa shape index (κ1) is 14.7. The molecule has 0 aliphatic carbocycles. The van der Waals surface area contributed by atoms with Gasteiger partial charge in [-0.1, -0.05) is 30.3 Å². The van der Waals surface area contributed by atoms with E-state index < -0.39 is 6.04 Å². The van der Waals surface area contributed by atoms with Gasteiger partial charge in [-0.05, 0) is 18.9 Å². The molecule has 2 amide bonds. The number of hydrogen-bond donors (Lipinski definition) is 1. The van der Waals surface area contributed by atoms with Gasteiger partial charge in [0.25, 0.3) is 0 Å². The van der Waals surface area contributed by atoms with Crippen molar-refractivity contribution < 1.29 is 9.59 Å². The molecule has 6 heteroatoms. The Balaban J connectivity index is 1.71. The van der Waals surface area contributed by atoms with Gasteiger partial charge in [-0.25, -0.2) is 4.98 Å². The fourth-order valence-corrected chi connectivity index (χ4v) is 3.28. The third-order valence-electron chi connectivity index (χ3n) is 3.68. The molecule has 1 fully saturated rings. The van der Waals surface area contributed by atoms with Gasteiger partial charge >= 0.3 is 0 Å². The lowest BCUT2D eigenvalue weighted by atomic mass is 10.1. The Morgan fingerprint density at radius 3 is 2.86 bits per heavy atom. The van der Waals surface area contributed by atoms with Crippen molar-refractivity contribution in [1.29, 1.82) is 0 Å². The van der Waals surface area contributed by atoms with Crippen LogP contribution in [0.4, 0.5) is 5.13 Å². The molecule has 5 nitrogen and oxygen atoms in total. The van der Waals surface area contributed by atoms with E-state index in [1.165, 1.54) is 11.3 Å². The number of anilines is 1. The van der Waals surface area contributed by atoms with E-state index in [1.54, 1.807) is 4.90 Å². The van der Waals surface area contributed by atoms with Crippen LogP contribution in [0.25, 0.3) is 0 Å². The van der Waals surface area contributed by atoms with Crippen LogP contribution in [-0.2, 0) is 16.1 Å². The molecule has 2 aromatic rings. The Bertz CT molecular complexity index is 684. The van der Waals surface area contributed by atoms with Crippen molar-refractivity contribution >= 4 is 28.3 Å². The van der Waals surface area contributed by atoms with Crippen molar-refractivity contribution in [1.82, 2.24) is 9.88 Å². The number of aryl methyl sites for hydroxylation is 1. The molecule has 2 heterocycles. The third-order valence-corrected chi connectivity index (χ3v) is 4.55. The SMILES string of the molecule is Cc1csc(NC(=O)C2CCC(=O)N2Cc2ccccc2)n1. The van der Waals surface area contributed by atoms with Gasteiger partial charge in [0.15, 0.2) is 5.13 Å². The molecule has 1 aromatic heterocycles. The number of amides is 2. The zero-order chi connectivity index (χ0) is 15.5. The van der Waals surface area contributed by atoms with E-state index in [9.17, 15) is 9.59 Å². The smallest absolute Gasteiger partial charge is 0.248 e. The summed E-state index contributed by atoms with van der Waals surface area (Å²) < 4.78 is 0. The number of nitrogens with zero attached hydrogens (tertiary/aromatic N) is 2. The van der Waals surface area contributed by atoms with E-state index in [-0.39, 0.29) is 11.8 Å². The summed E-state index contributed by atoms with van der Waals surface area (Å²) >= 11 is 1.40. The first-order valence-corrected chi connectivity index (χ1v) is 8.08. The van der Waals surface area contributed by atoms with Crippen LogP contribution in [0, 0.1) is 6.92 Å². The highest BCUT2D eigenvalue weighted by molar-refractivity contribution is 7.13. The predicted octanol–water partition coefficient (Wildman–Crippen LogP) is 2.58.